The molecule has 1 fully saturated rings. The zero-order valence-electron chi connectivity index (χ0n) is 24.1. The number of piperidine rings is 1. The quantitative estimate of drug-likeness (QED) is 0.171. The molecule has 4 rings (SSSR count). The van der Waals surface area contributed by atoms with E-state index in [1.165, 1.54) is 4.31 Å². The second-order valence-electron chi connectivity index (χ2n) is 10.7. The van der Waals surface area contributed by atoms with Gasteiger partial charge in [-0.2, -0.15) is 4.31 Å². The van der Waals surface area contributed by atoms with Crippen LogP contribution in [0.15, 0.2) is 44.3 Å². The maximum absolute atomic E-state index is 13.7. The van der Waals surface area contributed by atoms with Gasteiger partial charge in [-0.05, 0) is 69.1 Å². The number of carbonyl (C=O) groups excluding carboxylic acids is 1. The molecule has 0 N–H and O–H groups in total. The van der Waals surface area contributed by atoms with Gasteiger partial charge in [0.25, 0.3) is 5.09 Å². The van der Waals surface area contributed by atoms with Gasteiger partial charge in [0.05, 0.1) is 35.2 Å². The zero-order valence-corrected chi connectivity index (χ0v) is 25.0. The monoisotopic (exact) mass is 588 g/mol. The van der Waals surface area contributed by atoms with Crippen LogP contribution in [0.3, 0.4) is 0 Å². The van der Waals surface area contributed by atoms with Crippen molar-refractivity contribution in [1.82, 2.24) is 4.31 Å². The number of nitrogens with zero attached hydrogens (tertiary/aromatic N) is 4. The number of ketones is 1. The number of Topliss-reactive ketones (excluding diaryl/α,β-unsaturated/α-hetero) is 1. The van der Waals surface area contributed by atoms with Gasteiger partial charge in [0.2, 0.25) is 10.0 Å². The molecule has 0 aromatic heterocycles. The Morgan fingerprint density at radius 2 is 1.88 bits per heavy atom. The van der Waals surface area contributed by atoms with E-state index in [2.05, 4.69) is 11.8 Å². The predicted octanol–water partition coefficient (Wildman–Crippen LogP) is 4.91. The summed E-state index contributed by atoms with van der Waals surface area (Å²) in [6.07, 6.45) is 6.04. The fourth-order valence-electron chi connectivity index (χ4n) is 5.63. The summed E-state index contributed by atoms with van der Waals surface area (Å²) < 4.78 is 34.9. The fraction of sp³-hybridized carbons (Fsp3) is 0.621. The lowest BCUT2D eigenvalue weighted by molar-refractivity contribution is -0.757. The third kappa shape index (κ3) is 7.03. The molecule has 224 valence electrons. The van der Waals surface area contributed by atoms with E-state index in [0.29, 0.717) is 86.0 Å². The first-order chi connectivity index (χ1) is 19.7. The molecule has 41 heavy (non-hydrogen) atoms. The smallest absolute Gasteiger partial charge is 0.294 e. The van der Waals surface area contributed by atoms with E-state index in [-0.39, 0.29) is 17.3 Å². The maximum atomic E-state index is 13.7. The molecule has 11 nitrogen and oxygen atoms in total. The SMILES string of the molecule is CCCOc1ccc(S(=O)(=O)N2CCC(CCCO[N+](=O)[O-])CC2)cc1C1=NC2=C(C1)C(=O)C(CC)N=C2CCC. The number of hydrogen-bond donors (Lipinski definition) is 0. The van der Waals surface area contributed by atoms with Crippen LogP contribution in [0.2, 0.25) is 0 Å². The van der Waals surface area contributed by atoms with Crippen LogP contribution in [0.5, 0.6) is 5.75 Å². The summed E-state index contributed by atoms with van der Waals surface area (Å²) in [4.78, 5) is 37.6. The number of rotatable bonds is 14. The standard InChI is InChI=1S/C29H40N4O7S/c1-4-8-25-28-23(29(34)24(6-3)30-25)19-26(31-28)22-18-21(10-11-27(22)39-16-5-2)41(37,38)32-14-12-20(13-15-32)9-7-17-40-33(35)36/h10-11,18,20,24H,4-9,12-17,19H2,1-3H3. The number of dihydropyridines is 1. The van der Waals surface area contributed by atoms with E-state index >= 15 is 0 Å². The van der Waals surface area contributed by atoms with Crippen LogP contribution in [0.1, 0.15) is 84.1 Å². The van der Waals surface area contributed by atoms with E-state index in [1.807, 2.05) is 13.8 Å². The molecular weight excluding hydrogens is 548 g/mol. The maximum Gasteiger partial charge on any atom is 0.294 e. The molecule has 12 heteroatoms. The summed E-state index contributed by atoms with van der Waals surface area (Å²) in [5.41, 5.74) is 3.35. The van der Waals surface area contributed by atoms with E-state index in [4.69, 9.17) is 14.7 Å². The number of sulfonamides is 1. The average Bonchev–Trinajstić information content (AvgIpc) is 3.42. The Bertz CT molecular complexity index is 1340. The molecule has 0 saturated carbocycles. The van der Waals surface area contributed by atoms with Crippen molar-refractivity contribution < 1.29 is 27.9 Å². The second kappa shape index (κ2) is 13.7. The molecule has 1 aromatic rings. The normalized spacial score (nSPS) is 20.1. The van der Waals surface area contributed by atoms with Crippen LogP contribution in [-0.2, 0) is 19.7 Å². The van der Waals surface area contributed by atoms with Crippen molar-refractivity contribution in [3.63, 3.8) is 0 Å². The van der Waals surface area contributed by atoms with E-state index in [9.17, 15) is 23.3 Å². The van der Waals surface area contributed by atoms with Gasteiger partial charge in [-0.25, -0.2) is 13.4 Å². The number of ether oxygens (including phenoxy) is 1. The first-order valence-corrected chi connectivity index (χ1v) is 16.1. The molecule has 0 spiro atoms. The summed E-state index contributed by atoms with van der Waals surface area (Å²) in [6, 6.07) is 4.51. The van der Waals surface area contributed by atoms with Crippen molar-refractivity contribution in [2.75, 3.05) is 26.3 Å². The first-order valence-electron chi connectivity index (χ1n) is 14.7. The highest BCUT2D eigenvalue weighted by Gasteiger charge is 2.36. The Morgan fingerprint density at radius 3 is 2.54 bits per heavy atom. The van der Waals surface area contributed by atoms with Crippen LogP contribution >= 0.6 is 0 Å². The number of hydrogen-bond acceptors (Lipinski definition) is 9. The molecule has 0 bridgehead atoms. The Labute approximate surface area is 241 Å². The summed E-state index contributed by atoms with van der Waals surface area (Å²) in [7, 11) is -3.78. The Morgan fingerprint density at radius 1 is 1.12 bits per heavy atom. The topological polar surface area (TPSA) is 141 Å². The largest absolute Gasteiger partial charge is 0.493 e. The third-order valence-electron chi connectivity index (χ3n) is 7.82. The number of benzene rings is 1. The van der Waals surface area contributed by atoms with Crippen molar-refractivity contribution in [3.05, 3.63) is 45.1 Å². The molecule has 1 aromatic carbocycles. The molecule has 3 aliphatic rings. The Balaban J connectivity index is 1.55. The molecule has 0 radical (unpaired) electrons. The third-order valence-corrected chi connectivity index (χ3v) is 9.72. The molecule has 0 aliphatic carbocycles. The number of aliphatic imine (C=N–C) groups is 2. The summed E-state index contributed by atoms with van der Waals surface area (Å²) in [6.45, 7) is 7.31. The van der Waals surface area contributed by atoms with E-state index in [0.717, 1.165) is 31.4 Å². The lowest BCUT2D eigenvalue weighted by Gasteiger charge is -2.31. The van der Waals surface area contributed by atoms with Gasteiger partial charge < -0.3 is 9.57 Å². The fourth-order valence-corrected chi connectivity index (χ4v) is 7.12. The second-order valence-corrected chi connectivity index (χ2v) is 12.7. The highest BCUT2D eigenvalue weighted by molar-refractivity contribution is 7.89. The number of allylic oxidation sites excluding steroid dienone is 1. The van der Waals surface area contributed by atoms with Crippen LogP contribution in [0.4, 0.5) is 0 Å². The summed E-state index contributed by atoms with van der Waals surface area (Å²) >= 11 is 0. The van der Waals surface area contributed by atoms with Gasteiger partial charge >= 0.3 is 0 Å². The minimum atomic E-state index is -3.78. The van der Waals surface area contributed by atoms with Crippen molar-refractivity contribution >= 4 is 27.2 Å². The molecule has 1 saturated heterocycles. The predicted molar refractivity (Wildman–Crippen MR) is 156 cm³/mol. The van der Waals surface area contributed by atoms with Gasteiger partial charge in [0.15, 0.2) is 5.78 Å². The highest BCUT2D eigenvalue weighted by Crippen LogP contribution is 2.36. The lowest BCUT2D eigenvalue weighted by Crippen LogP contribution is -2.38. The molecule has 0 amide bonds. The molecule has 1 unspecified atom stereocenters. The average molecular weight is 589 g/mol. The van der Waals surface area contributed by atoms with Crippen LogP contribution in [0.25, 0.3) is 0 Å². The van der Waals surface area contributed by atoms with Crippen molar-refractivity contribution in [2.24, 2.45) is 15.9 Å². The Hall–Kier alpha value is -3.12. The van der Waals surface area contributed by atoms with Crippen LogP contribution < -0.4 is 4.74 Å². The summed E-state index contributed by atoms with van der Waals surface area (Å²) in [5.74, 6) is 0.841. The van der Waals surface area contributed by atoms with Gasteiger partial charge in [0, 0.05) is 30.6 Å². The summed E-state index contributed by atoms with van der Waals surface area (Å²) in [5, 5.41) is 9.55. The minimum absolute atomic E-state index is 0.00581. The van der Waals surface area contributed by atoms with Gasteiger partial charge in [-0.15, -0.1) is 10.1 Å². The van der Waals surface area contributed by atoms with Crippen molar-refractivity contribution in [3.8, 4) is 5.75 Å². The molecule has 3 heterocycles. The molecular formula is C29H40N4O7S. The zero-order chi connectivity index (χ0) is 29.6. The first kappa shape index (κ1) is 30.8. The minimum Gasteiger partial charge on any atom is -0.493 e. The Kier molecular flexibility index (Phi) is 10.3. The van der Waals surface area contributed by atoms with Gasteiger partial charge in [-0.1, -0.05) is 27.2 Å². The number of carbonyl (C=O) groups is 1. The molecule has 1 atom stereocenters. The van der Waals surface area contributed by atoms with Gasteiger partial charge in [-0.3, -0.25) is 9.79 Å². The van der Waals surface area contributed by atoms with Crippen LogP contribution in [-0.4, -0.2) is 67.4 Å². The lowest BCUT2D eigenvalue weighted by atomic mass is 9.91. The van der Waals surface area contributed by atoms with Crippen molar-refractivity contribution in [1.29, 1.82) is 0 Å². The van der Waals surface area contributed by atoms with Gasteiger partial charge in [0.1, 0.15) is 11.8 Å². The highest BCUT2D eigenvalue weighted by atomic mass is 32.2. The van der Waals surface area contributed by atoms with Crippen LogP contribution in [0, 0.1) is 16.0 Å². The van der Waals surface area contributed by atoms with E-state index < -0.39 is 21.2 Å². The van der Waals surface area contributed by atoms with Crippen molar-refractivity contribution in [2.45, 2.75) is 89.5 Å². The van der Waals surface area contributed by atoms with E-state index in [1.54, 1.807) is 18.2 Å². The molecule has 3 aliphatic heterocycles.